The van der Waals surface area contributed by atoms with Crippen molar-refractivity contribution in [2.24, 2.45) is 7.05 Å². The van der Waals surface area contributed by atoms with Gasteiger partial charge in [-0.25, -0.2) is 4.98 Å². The lowest BCUT2D eigenvalue weighted by molar-refractivity contribution is 0.829. The second-order valence-electron chi connectivity index (χ2n) is 4.25. The first-order chi connectivity index (χ1) is 7.25. The van der Waals surface area contributed by atoms with Gasteiger partial charge < -0.3 is 9.88 Å². The third-order valence-electron chi connectivity index (χ3n) is 3.27. The molecule has 0 unspecified atom stereocenters. The Bertz CT molecular complexity index is 525. The van der Waals surface area contributed by atoms with Gasteiger partial charge >= 0.3 is 0 Å². The van der Waals surface area contributed by atoms with Crippen LogP contribution in [0.4, 0.5) is 5.69 Å². The van der Waals surface area contributed by atoms with Crippen molar-refractivity contribution >= 4 is 16.7 Å². The topological polar surface area (TPSA) is 29.9 Å². The van der Waals surface area contributed by atoms with Gasteiger partial charge in [-0.15, -0.1) is 0 Å². The first kappa shape index (κ1) is 8.77. The second-order valence-corrected chi connectivity index (χ2v) is 4.25. The van der Waals surface area contributed by atoms with Crippen LogP contribution in [0.5, 0.6) is 0 Å². The molecule has 1 aliphatic heterocycles. The van der Waals surface area contributed by atoms with Crippen LogP contribution in [0.1, 0.15) is 17.8 Å². The van der Waals surface area contributed by atoms with Crippen molar-refractivity contribution in [1.29, 1.82) is 0 Å². The van der Waals surface area contributed by atoms with E-state index in [9.17, 15) is 0 Å². The molecule has 0 bridgehead atoms. The maximum absolute atomic E-state index is 4.54. The van der Waals surface area contributed by atoms with E-state index in [4.69, 9.17) is 0 Å². The number of anilines is 1. The molecule has 0 saturated carbocycles. The van der Waals surface area contributed by atoms with Crippen LogP contribution in [0, 0.1) is 6.92 Å². The zero-order valence-electron chi connectivity index (χ0n) is 9.17. The van der Waals surface area contributed by atoms with Gasteiger partial charge in [0.2, 0.25) is 0 Å². The van der Waals surface area contributed by atoms with E-state index in [2.05, 4.69) is 34.0 Å². The van der Waals surface area contributed by atoms with E-state index >= 15 is 0 Å². The third-order valence-corrected chi connectivity index (χ3v) is 3.27. The fourth-order valence-corrected chi connectivity index (χ4v) is 2.28. The Balaban J connectivity index is 2.30. The van der Waals surface area contributed by atoms with Crippen LogP contribution in [-0.2, 0) is 13.5 Å². The molecule has 15 heavy (non-hydrogen) atoms. The fraction of sp³-hybridized carbons (Fsp3) is 0.417. The maximum atomic E-state index is 4.54. The van der Waals surface area contributed by atoms with Gasteiger partial charge in [-0.1, -0.05) is 0 Å². The number of aromatic nitrogens is 2. The van der Waals surface area contributed by atoms with Crippen LogP contribution >= 0.6 is 0 Å². The lowest BCUT2D eigenvalue weighted by Crippen LogP contribution is -2.11. The quantitative estimate of drug-likeness (QED) is 0.708. The lowest BCUT2D eigenvalue weighted by Gasteiger charge is -2.17. The van der Waals surface area contributed by atoms with Gasteiger partial charge in [0.05, 0.1) is 11.0 Å². The molecule has 78 valence electrons. The minimum absolute atomic E-state index is 1.08. The van der Waals surface area contributed by atoms with E-state index in [1.54, 1.807) is 0 Å². The molecular formula is C12H15N3. The summed E-state index contributed by atoms with van der Waals surface area (Å²) in [6, 6.07) is 4.45. The molecule has 1 aromatic heterocycles. The molecule has 2 heterocycles. The van der Waals surface area contributed by atoms with E-state index in [1.165, 1.54) is 29.6 Å². The van der Waals surface area contributed by atoms with E-state index in [1.807, 2.05) is 6.92 Å². The summed E-state index contributed by atoms with van der Waals surface area (Å²) in [7, 11) is 2.08. The number of hydrogen-bond donors (Lipinski definition) is 1. The van der Waals surface area contributed by atoms with Crippen LogP contribution in [0.3, 0.4) is 0 Å². The Hall–Kier alpha value is -1.51. The smallest absolute Gasteiger partial charge is 0.106 e. The Labute approximate surface area is 89.1 Å². The molecule has 1 aliphatic rings. The highest BCUT2D eigenvalue weighted by Gasteiger charge is 2.12. The molecule has 1 N–H and O–H groups in total. The van der Waals surface area contributed by atoms with E-state index in [0.717, 1.165) is 17.9 Å². The van der Waals surface area contributed by atoms with Crippen molar-refractivity contribution < 1.29 is 0 Å². The number of hydrogen-bond acceptors (Lipinski definition) is 2. The van der Waals surface area contributed by atoms with Crippen molar-refractivity contribution in [3.8, 4) is 0 Å². The van der Waals surface area contributed by atoms with Gasteiger partial charge in [-0.2, -0.15) is 0 Å². The van der Waals surface area contributed by atoms with Gasteiger partial charge in [0.1, 0.15) is 5.82 Å². The standard InChI is InChI=1S/C12H15N3/c1-8-14-11-7-10-9(4-3-5-13-10)6-12(11)15(8)2/h6-7,13H,3-5H2,1-2H3. The van der Waals surface area contributed by atoms with Gasteiger partial charge in [0.25, 0.3) is 0 Å². The normalized spacial score (nSPS) is 15.1. The highest BCUT2D eigenvalue weighted by molar-refractivity contribution is 5.82. The Morgan fingerprint density at radius 1 is 1.40 bits per heavy atom. The van der Waals surface area contributed by atoms with Gasteiger partial charge in [0, 0.05) is 19.3 Å². The SMILES string of the molecule is Cc1nc2cc3c(cc2n1C)CCCN3. The molecule has 3 rings (SSSR count). The predicted molar refractivity (Wildman–Crippen MR) is 62.3 cm³/mol. The molecule has 0 atom stereocenters. The van der Waals surface area contributed by atoms with Crippen LogP contribution in [0.25, 0.3) is 11.0 Å². The van der Waals surface area contributed by atoms with Crippen molar-refractivity contribution in [1.82, 2.24) is 9.55 Å². The molecular weight excluding hydrogens is 186 g/mol. The largest absolute Gasteiger partial charge is 0.385 e. The Kier molecular flexibility index (Phi) is 1.75. The van der Waals surface area contributed by atoms with E-state index in [0.29, 0.717) is 0 Å². The number of fused-ring (bicyclic) bond motifs is 2. The fourth-order valence-electron chi connectivity index (χ4n) is 2.28. The molecule has 0 radical (unpaired) electrons. The Morgan fingerprint density at radius 3 is 3.13 bits per heavy atom. The van der Waals surface area contributed by atoms with Gasteiger partial charge in [-0.05, 0) is 37.5 Å². The monoisotopic (exact) mass is 201 g/mol. The van der Waals surface area contributed by atoms with Crippen molar-refractivity contribution in [3.05, 3.63) is 23.5 Å². The predicted octanol–water partition coefficient (Wildman–Crippen LogP) is 2.24. The van der Waals surface area contributed by atoms with Crippen molar-refractivity contribution in [2.75, 3.05) is 11.9 Å². The summed E-state index contributed by atoms with van der Waals surface area (Å²) in [5, 5.41) is 3.43. The molecule has 0 aliphatic carbocycles. The molecule has 3 heteroatoms. The summed E-state index contributed by atoms with van der Waals surface area (Å²) in [5.74, 6) is 1.08. The lowest BCUT2D eigenvalue weighted by atomic mass is 10.0. The van der Waals surface area contributed by atoms with Gasteiger partial charge in [0.15, 0.2) is 0 Å². The first-order valence-electron chi connectivity index (χ1n) is 5.45. The summed E-state index contributed by atoms with van der Waals surface area (Å²) < 4.78 is 2.16. The minimum Gasteiger partial charge on any atom is -0.385 e. The summed E-state index contributed by atoms with van der Waals surface area (Å²) in [4.78, 5) is 4.54. The minimum atomic E-state index is 1.08. The Morgan fingerprint density at radius 2 is 2.27 bits per heavy atom. The van der Waals surface area contributed by atoms with Crippen LogP contribution in [0.2, 0.25) is 0 Å². The maximum Gasteiger partial charge on any atom is 0.106 e. The van der Waals surface area contributed by atoms with Crippen LogP contribution in [-0.4, -0.2) is 16.1 Å². The molecule has 0 amide bonds. The summed E-state index contributed by atoms with van der Waals surface area (Å²) in [5.41, 5.74) is 5.04. The highest BCUT2D eigenvalue weighted by atomic mass is 15.1. The third kappa shape index (κ3) is 1.23. The van der Waals surface area contributed by atoms with Crippen LogP contribution < -0.4 is 5.32 Å². The second kappa shape index (κ2) is 2.99. The van der Waals surface area contributed by atoms with Gasteiger partial charge in [-0.3, -0.25) is 0 Å². The summed E-state index contributed by atoms with van der Waals surface area (Å²) in [6.45, 7) is 3.14. The number of benzene rings is 1. The number of nitrogens with zero attached hydrogens (tertiary/aromatic N) is 2. The number of nitrogens with one attached hydrogen (secondary N) is 1. The van der Waals surface area contributed by atoms with Crippen molar-refractivity contribution in [3.63, 3.8) is 0 Å². The zero-order valence-corrected chi connectivity index (χ0v) is 9.17. The van der Waals surface area contributed by atoms with Crippen molar-refractivity contribution in [2.45, 2.75) is 19.8 Å². The molecule has 2 aromatic rings. The highest BCUT2D eigenvalue weighted by Crippen LogP contribution is 2.27. The molecule has 3 nitrogen and oxygen atoms in total. The summed E-state index contributed by atoms with van der Waals surface area (Å²) >= 11 is 0. The summed E-state index contributed by atoms with van der Waals surface area (Å²) in [6.07, 6.45) is 2.41. The first-order valence-corrected chi connectivity index (χ1v) is 5.45. The molecule has 1 aromatic carbocycles. The number of rotatable bonds is 0. The number of aryl methyl sites for hydroxylation is 3. The zero-order chi connectivity index (χ0) is 10.4. The molecule has 0 saturated heterocycles. The molecule has 0 spiro atoms. The van der Waals surface area contributed by atoms with E-state index in [-0.39, 0.29) is 0 Å². The number of imidazole rings is 1. The average molecular weight is 201 g/mol. The van der Waals surface area contributed by atoms with Crippen LogP contribution in [0.15, 0.2) is 12.1 Å². The average Bonchev–Trinajstić information content (AvgIpc) is 2.52. The molecule has 0 fully saturated rings. The van der Waals surface area contributed by atoms with E-state index < -0.39 is 0 Å².